The van der Waals surface area contributed by atoms with Crippen molar-refractivity contribution in [3.05, 3.63) is 99.5 Å². The Morgan fingerprint density at radius 1 is 1.12 bits per heavy atom. The molecule has 2 aromatic carbocycles. The molecule has 5 rings (SSSR count). The first-order valence-electron chi connectivity index (χ1n) is 11.0. The van der Waals surface area contributed by atoms with Gasteiger partial charge in [-0.25, -0.2) is 9.18 Å². The molecule has 0 radical (unpaired) electrons. The van der Waals surface area contributed by atoms with E-state index in [4.69, 9.17) is 4.52 Å². The van der Waals surface area contributed by atoms with Gasteiger partial charge in [0.05, 0.1) is 11.6 Å². The second-order valence-electron chi connectivity index (χ2n) is 8.21. The molecule has 1 aliphatic heterocycles. The van der Waals surface area contributed by atoms with Crippen LogP contribution in [0.4, 0.5) is 9.18 Å². The number of nitrogens with zero attached hydrogens (tertiary/aromatic N) is 3. The molecule has 1 aliphatic rings. The van der Waals surface area contributed by atoms with Crippen molar-refractivity contribution >= 4 is 22.9 Å². The number of rotatable bonds is 6. The van der Waals surface area contributed by atoms with E-state index in [0.717, 1.165) is 17.5 Å². The summed E-state index contributed by atoms with van der Waals surface area (Å²) in [5.41, 5.74) is 3.93. The van der Waals surface area contributed by atoms with Crippen LogP contribution in [0, 0.1) is 12.7 Å². The Morgan fingerprint density at radius 3 is 2.68 bits per heavy atom. The van der Waals surface area contributed by atoms with Crippen LogP contribution in [0.25, 0.3) is 17.0 Å². The Hall–Kier alpha value is -3.78. The third-order valence-electron chi connectivity index (χ3n) is 5.91. The summed E-state index contributed by atoms with van der Waals surface area (Å²) >= 11 is 1.66. The predicted octanol–water partition coefficient (Wildman–Crippen LogP) is 5.99. The highest BCUT2D eigenvalue weighted by molar-refractivity contribution is 7.09. The lowest BCUT2D eigenvalue weighted by Gasteiger charge is -2.35. The Kier molecular flexibility index (Phi) is 5.98. The number of halogens is 1. The number of allylic oxidation sites excluding steroid dienone is 1. The fourth-order valence-corrected chi connectivity index (χ4v) is 4.79. The van der Waals surface area contributed by atoms with E-state index < -0.39 is 6.04 Å². The lowest BCUT2D eigenvalue weighted by atomic mass is 9.94. The molecule has 0 spiro atoms. The Labute approximate surface area is 200 Å². The molecular formula is C26H23FN4O2S. The lowest BCUT2D eigenvalue weighted by molar-refractivity contribution is 0.205. The fraction of sp³-hybridized carbons (Fsp3) is 0.192. The second kappa shape index (κ2) is 9.23. The minimum Gasteiger partial charge on any atom is -0.334 e. The van der Waals surface area contributed by atoms with Crippen molar-refractivity contribution in [2.24, 2.45) is 0 Å². The normalized spacial score (nSPS) is 16.1. The third kappa shape index (κ3) is 4.36. The zero-order chi connectivity index (χ0) is 23.7. The number of benzene rings is 2. The van der Waals surface area contributed by atoms with Crippen LogP contribution in [0.3, 0.4) is 0 Å². The maximum atomic E-state index is 14.1. The van der Waals surface area contributed by atoms with Gasteiger partial charge in [0.2, 0.25) is 5.82 Å². The summed E-state index contributed by atoms with van der Waals surface area (Å²) in [6.07, 6.45) is 0.721. The van der Waals surface area contributed by atoms with Crippen molar-refractivity contribution in [2.45, 2.75) is 26.3 Å². The van der Waals surface area contributed by atoms with E-state index in [1.807, 2.05) is 55.6 Å². The highest BCUT2D eigenvalue weighted by Gasteiger charge is 2.35. The van der Waals surface area contributed by atoms with Crippen molar-refractivity contribution in [3.63, 3.8) is 0 Å². The molecule has 0 saturated carbocycles. The molecule has 3 heterocycles. The minimum atomic E-state index is -0.618. The van der Waals surface area contributed by atoms with Crippen LogP contribution in [0.15, 0.2) is 76.3 Å². The molecule has 2 aromatic heterocycles. The molecule has 4 aromatic rings. The first kappa shape index (κ1) is 22.0. The molecule has 34 heavy (non-hydrogen) atoms. The predicted molar refractivity (Wildman–Crippen MR) is 129 cm³/mol. The van der Waals surface area contributed by atoms with Gasteiger partial charge in [0.25, 0.3) is 5.89 Å². The number of hydrogen-bond acceptors (Lipinski definition) is 5. The monoisotopic (exact) mass is 474 g/mol. The van der Waals surface area contributed by atoms with Gasteiger partial charge in [-0.15, -0.1) is 11.3 Å². The van der Waals surface area contributed by atoms with Crippen LogP contribution in [0.2, 0.25) is 0 Å². The van der Waals surface area contributed by atoms with Crippen LogP contribution in [0.5, 0.6) is 0 Å². The number of aromatic nitrogens is 2. The molecule has 1 N–H and O–H groups in total. The van der Waals surface area contributed by atoms with E-state index in [-0.39, 0.29) is 11.8 Å². The topological polar surface area (TPSA) is 71.3 Å². The van der Waals surface area contributed by atoms with Crippen molar-refractivity contribution in [3.8, 4) is 11.4 Å². The molecule has 0 saturated heterocycles. The zero-order valence-corrected chi connectivity index (χ0v) is 19.6. The summed E-state index contributed by atoms with van der Waals surface area (Å²) in [5.74, 6) is 0.369. The van der Waals surface area contributed by atoms with Crippen molar-refractivity contribution in [2.75, 3.05) is 6.54 Å². The van der Waals surface area contributed by atoms with E-state index in [1.165, 1.54) is 17.0 Å². The lowest BCUT2D eigenvalue weighted by Crippen LogP contribution is -2.46. The Balaban J connectivity index is 1.56. The van der Waals surface area contributed by atoms with Gasteiger partial charge in [-0.3, -0.25) is 4.90 Å². The SMILES string of the molecule is CC1=C(c2nc(-c3ccc(C)cc3)no2)C(c2cccc(F)c2)NC(=O)N1CCc1cccs1. The van der Waals surface area contributed by atoms with Gasteiger partial charge >= 0.3 is 6.03 Å². The third-order valence-corrected chi connectivity index (χ3v) is 6.84. The van der Waals surface area contributed by atoms with Crippen molar-refractivity contribution in [1.82, 2.24) is 20.4 Å². The van der Waals surface area contributed by atoms with Gasteiger partial charge in [0.15, 0.2) is 0 Å². The molecule has 8 heteroatoms. The molecule has 1 unspecified atom stereocenters. The molecule has 0 bridgehead atoms. The zero-order valence-electron chi connectivity index (χ0n) is 18.8. The minimum absolute atomic E-state index is 0.245. The second-order valence-corrected chi connectivity index (χ2v) is 9.24. The van der Waals surface area contributed by atoms with E-state index >= 15 is 0 Å². The van der Waals surface area contributed by atoms with Gasteiger partial charge in [-0.1, -0.05) is 53.2 Å². The average Bonchev–Trinajstić information content (AvgIpc) is 3.52. The smallest absolute Gasteiger partial charge is 0.322 e. The summed E-state index contributed by atoms with van der Waals surface area (Å²) in [5, 5.41) is 9.21. The molecule has 1 atom stereocenters. The fourth-order valence-electron chi connectivity index (χ4n) is 4.09. The van der Waals surface area contributed by atoms with Crippen molar-refractivity contribution in [1.29, 1.82) is 0 Å². The van der Waals surface area contributed by atoms with Crippen LogP contribution >= 0.6 is 11.3 Å². The van der Waals surface area contributed by atoms with Gasteiger partial charge in [0.1, 0.15) is 5.82 Å². The molecule has 0 fully saturated rings. The summed E-state index contributed by atoms with van der Waals surface area (Å²) in [7, 11) is 0. The highest BCUT2D eigenvalue weighted by atomic mass is 32.1. The number of amides is 2. The maximum Gasteiger partial charge on any atom is 0.322 e. The summed E-state index contributed by atoms with van der Waals surface area (Å²) in [4.78, 5) is 20.6. The van der Waals surface area contributed by atoms with Gasteiger partial charge < -0.3 is 9.84 Å². The molecule has 2 amide bonds. The van der Waals surface area contributed by atoms with E-state index in [0.29, 0.717) is 35.1 Å². The summed E-state index contributed by atoms with van der Waals surface area (Å²) in [6, 6.07) is 17.2. The molecule has 0 aliphatic carbocycles. The number of thiophene rings is 1. The van der Waals surface area contributed by atoms with E-state index in [9.17, 15) is 9.18 Å². The number of nitrogens with one attached hydrogen (secondary N) is 1. The number of aryl methyl sites for hydroxylation is 1. The number of urea groups is 1. The number of carbonyl (C=O) groups is 1. The highest BCUT2D eigenvalue weighted by Crippen LogP contribution is 2.37. The van der Waals surface area contributed by atoms with E-state index in [2.05, 4.69) is 15.5 Å². The summed E-state index contributed by atoms with van der Waals surface area (Å²) in [6.45, 7) is 4.37. The van der Waals surface area contributed by atoms with Gasteiger partial charge in [-0.2, -0.15) is 4.98 Å². The first-order valence-corrected chi connectivity index (χ1v) is 11.9. The number of hydrogen-bond donors (Lipinski definition) is 1. The van der Waals surface area contributed by atoms with Crippen LogP contribution in [0.1, 0.15) is 34.9 Å². The molecular weight excluding hydrogens is 451 g/mol. The Bertz CT molecular complexity index is 1350. The summed E-state index contributed by atoms with van der Waals surface area (Å²) < 4.78 is 19.8. The van der Waals surface area contributed by atoms with Gasteiger partial charge in [0, 0.05) is 22.7 Å². The molecule has 172 valence electrons. The standard InChI is InChI=1S/C26H23FN4O2S/c1-16-8-10-18(11-9-16)24-29-25(33-30-24)22-17(2)31(13-12-21-7-4-14-34-21)26(32)28-23(22)19-5-3-6-20(27)15-19/h3-11,14-15,23H,12-13H2,1-2H3,(H,28,32). The van der Waals surface area contributed by atoms with Crippen LogP contribution in [-0.2, 0) is 6.42 Å². The van der Waals surface area contributed by atoms with Crippen molar-refractivity contribution < 1.29 is 13.7 Å². The van der Waals surface area contributed by atoms with Gasteiger partial charge in [-0.05, 0) is 49.4 Å². The van der Waals surface area contributed by atoms with Crippen LogP contribution < -0.4 is 5.32 Å². The quantitative estimate of drug-likeness (QED) is 0.373. The Morgan fingerprint density at radius 2 is 1.94 bits per heavy atom. The maximum absolute atomic E-state index is 14.1. The molecule has 6 nitrogen and oxygen atoms in total. The number of carbonyl (C=O) groups excluding carboxylic acids is 1. The van der Waals surface area contributed by atoms with Crippen LogP contribution in [-0.4, -0.2) is 27.6 Å². The first-order chi connectivity index (χ1) is 16.5. The largest absolute Gasteiger partial charge is 0.334 e. The van der Waals surface area contributed by atoms with E-state index in [1.54, 1.807) is 28.4 Å². The average molecular weight is 475 g/mol.